The van der Waals surface area contributed by atoms with Gasteiger partial charge in [-0.3, -0.25) is 4.79 Å². The van der Waals surface area contributed by atoms with Crippen LogP contribution >= 0.6 is 23.6 Å². The van der Waals surface area contributed by atoms with Crippen LogP contribution in [0.2, 0.25) is 0 Å². The molecule has 1 amide bonds. The van der Waals surface area contributed by atoms with Gasteiger partial charge in [0, 0.05) is 10.4 Å². The molecule has 0 aliphatic carbocycles. The van der Waals surface area contributed by atoms with E-state index in [2.05, 4.69) is 5.32 Å². The van der Waals surface area contributed by atoms with Crippen LogP contribution in [0.25, 0.3) is 0 Å². The molecule has 0 bridgehead atoms. The summed E-state index contributed by atoms with van der Waals surface area (Å²) in [6.07, 6.45) is 0.364. The van der Waals surface area contributed by atoms with Crippen molar-refractivity contribution in [3.05, 3.63) is 57.8 Å². The molecule has 3 nitrogen and oxygen atoms in total. The molecule has 0 saturated carbocycles. The molecular weight excluding hydrogens is 276 g/mol. The largest absolute Gasteiger partial charge is 0.389 e. The number of nitrogens with two attached hydrogens (primary N) is 1. The van der Waals surface area contributed by atoms with Crippen molar-refractivity contribution in [3.8, 4) is 0 Å². The van der Waals surface area contributed by atoms with Crippen LogP contribution in [0.15, 0.2) is 41.8 Å². The normalized spacial score (nSPS) is 10.1. The lowest BCUT2D eigenvalue weighted by molar-refractivity contribution is -0.120. The van der Waals surface area contributed by atoms with Crippen LogP contribution in [0.4, 0.5) is 0 Å². The maximum absolute atomic E-state index is 11.8. The highest BCUT2D eigenvalue weighted by Gasteiger charge is 2.04. The van der Waals surface area contributed by atoms with Crippen LogP contribution in [0.3, 0.4) is 0 Å². The average molecular weight is 290 g/mol. The van der Waals surface area contributed by atoms with Crippen molar-refractivity contribution < 1.29 is 4.79 Å². The minimum absolute atomic E-state index is 0.0106. The molecule has 1 aromatic heterocycles. The summed E-state index contributed by atoms with van der Waals surface area (Å²) >= 11 is 6.51. The first-order valence-corrected chi connectivity index (χ1v) is 7.12. The number of amides is 1. The molecule has 5 heteroatoms. The smallest absolute Gasteiger partial charge is 0.224 e. The molecule has 0 unspecified atom stereocenters. The zero-order chi connectivity index (χ0) is 13.7. The van der Waals surface area contributed by atoms with Crippen LogP contribution in [-0.2, 0) is 17.8 Å². The summed E-state index contributed by atoms with van der Waals surface area (Å²) < 4.78 is 0. The van der Waals surface area contributed by atoms with Crippen molar-refractivity contribution in [2.75, 3.05) is 0 Å². The molecule has 0 aliphatic rings. The van der Waals surface area contributed by atoms with E-state index in [1.165, 1.54) is 0 Å². The molecule has 0 radical (unpaired) electrons. The van der Waals surface area contributed by atoms with E-state index < -0.39 is 0 Å². The number of carbonyl (C=O) groups excluding carboxylic acids is 1. The summed E-state index contributed by atoms with van der Waals surface area (Å²) in [5.74, 6) is 0.0106. The van der Waals surface area contributed by atoms with Crippen LogP contribution in [-0.4, -0.2) is 10.9 Å². The van der Waals surface area contributed by atoms with Crippen molar-refractivity contribution in [1.82, 2.24) is 5.32 Å². The third-order valence-electron chi connectivity index (χ3n) is 2.64. The van der Waals surface area contributed by atoms with Gasteiger partial charge in [-0.15, -0.1) is 11.3 Å². The number of hydrogen-bond donors (Lipinski definition) is 2. The average Bonchev–Trinajstić information content (AvgIpc) is 2.90. The number of nitrogens with one attached hydrogen (secondary N) is 1. The maximum atomic E-state index is 11.8. The number of carbonyl (C=O) groups is 1. The van der Waals surface area contributed by atoms with Gasteiger partial charge in [-0.05, 0) is 17.0 Å². The molecule has 0 atom stereocenters. The number of rotatable bonds is 5. The molecule has 2 rings (SSSR count). The zero-order valence-electron chi connectivity index (χ0n) is 10.3. The molecule has 98 valence electrons. The van der Waals surface area contributed by atoms with Crippen molar-refractivity contribution in [3.63, 3.8) is 0 Å². The Morgan fingerprint density at radius 3 is 2.58 bits per heavy atom. The van der Waals surface area contributed by atoms with E-state index in [1.54, 1.807) is 11.3 Å². The van der Waals surface area contributed by atoms with E-state index in [0.29, 0.717) is 18.0 Å². The molecule has 0 aliphatic heterocycles. The maximum Gasteiger partial charge on any atom is 0.224 e. The van der Waals surface area contributed by atoms with Crippen molar-refractivity contribution in [2.45, 2.75) is 13.0 Å². The molecule has 1 heterocycles. The highest BCUT2D eigenvalue weighted by atomic mass is 32.1. The molecule has 0 spiro atoms. The van der Waals surface area contributed by atoms with Gasteiger partial charge in [0.1, 0.15) is 4.99 Å². The van der Waals surface area contributed by atoms with Gasteiger partial charge in [-0.1, -0.05) is 42.5 Å². The Balaban J connectivity index is 1.86. The molecule has 0 fully saturated rings. The first kappa shape index (κ1) is 13.7. The standard InChI is InChI=1S/C14H14N2OS2/c15-14(18)11-5-3-10(4-6-11)8-13(17)16-9-12-2-1-7-19-12/h1-7H,8-9H2,(H2,15,18)(H,16,17). The van der Waals surface area contributed by atoms with Gasteiger partial charge in [0.25, 0.3) is 0 Å². The predicted molar refractivity (Wildman–Crippen MR) is 82.2 cm³/mol. The second kappa shape index (κ2) is 6.45. The van der Waals surface area contributed by atoms with E-state index in [1.807, 2.05) is 41.8 Å². The number of thiocarbonyl (C=S) groups is 1. The van der Waals surface area contributed by atoms with Gasteiger partial charge in [0.05, 0.1) is 13.0 Å². The quantitative estimate of drug-likeness (QED) is 0.830. The summed E-state index contributed by atoms with van der Waals surface area (Å²) in [7, 11) is 0. The lowest BCUT2D eigenvalue weighted by atomic mass is 10.1. The first-order chi connectivity index (χ1) is 9.15. The summed E-state index contributed by atoms with van der Waals surface area (Å²) in [4.78, 5) is 13.3. The highest BCUT2D eigenvalue weighted by Crippen LogP contribution is 2.08. The van der Waals surface area contributed by atoms with Gasteiger partial charge >= 0.3 is 0 Å². The van der Waals surface area contributed by atoms with E-state index in [0.717, 1.165) is 16.0 Å². The Bertz CT molecular complexity index is 562. The molecule has 2 aromatic rings. The minimum Gasteiger partial charge on any atom is -0.389 e. The molecule has 3 N–H and O–H groups in total. The summed E-state index contributed by atoms with van der Waals surface area (Å²) in [5, 5.41) is 4.89. The minimum atomic E-state index is 0.0106. The van der Waals surface area contributed by atoms with Crippen molar-refractivity contribution >= 4 is 34.5 Å². The fourth-order valence-corrected chi connectivity index (χ4v) is 2.41. The fourth-order valence-electron chi connectivity index (χ4n) is 1.63. The van der Waals surface area contributed by atoms with Crippen molar-refractivity contribution in [1.29, 1.82) is 0 Å². The highest BCUT2D eigenvalue weighted by molar-refractivity contribution is 7.80. The summed E-state index contributed by atoms with van der Waals surface area (Å²) in [6.45, 7) is 0.585. The third kappa shape index (κ3) is 4.15. The van der Waals surface area contributed by atoms with Crippen LogP contribution in [0, 0.1) is 0 Å². The SMILES string of the molecule is NC(=S)c1ccc(CC(=O)NCc2cccs2)cc1. The van der Waals surface area contributed by atoms with Gasteiger partial charge in [0.15, 0.2) is 0 Å². The first-order valence-electron chi connectivity index (χ1n) is 5.83. The summed E-state index contributed by atoms with van der Waals surface area (Å²) in [6, 6.07) is 11.4. The molecular formula is C14H14N2OS2. The number of thiophene rings is 1. The summed E-state index contributed by atoms with van der Waals surface area (Å²) in [5.41, 5.74) is 7.29. The van der Waals surface area contributed by atoms with Gasteiger partial charge < -0.3 is 11.1 Å². The lowest BCUT2D eigenvalue weighted by Gasteiger charge is -2.05. The van der Waals surface area contributed by atoms with Crippen LogP contribution in [0.1, 0.15) is 16.0 Å². The zero-order valence-corrected chi connectivity index (χ0v) is 11.9. The van der Waals surface area contributed by atoms with Crippen LogP contribution < -0.4 is 11.1 Å². The third-order valence-corrected chi connectivity index (χ3v) is 3.76. The Labute approximate surface area is 121 Å². The lowest BCUT2D eigenvalue weighted by Crippen LogP contribution is -2.24. The Morgan fingerprint density at radius 1 is 1.26 bits per heavy atom. The second-order valence-electron chi connectivity index (χ2n) is 4.09. The van der Waals surface area contributed by atoms with Gasteiger partial charge in [0.2, 0.25) is 5.91 Å². The molecule has 1 aromatic carbocycles. The number of hydrogen-bond acceptors (Lipinski definition) is 3. The van der Waals surface area contributed by atoms with Gasteiger partial charge in [-0.25, -0.2) is 0 Å². The van der Waals surface area contributed by atoms with E-state index in [4.69, 9.17) is 18.0 Å². The Kier molecular flexibility index (Phi) is 4.65. The van der Waals surface area contributed by atoms with E-state index in [-0.39, 0.29) is 5.91 Å². The molecule has 0 saturated heterocycles. The Morgan fingerprint density at radius 2 is 2.00 bits per heavy atom. The van der Waals surface area contributed by atoms with Gasteiger partial charge in [-0.2, -0.15) is 0 Å². The van der Waals surface area contributed by atoms with Crippen molar-refractivity contribution in [2.24, 2.45) is 5.73 Å². The second-order valence-corrected chi connectivity index (χ2v) is 5.57. The molecule has 19 heavy (non-hydrogen) atoms. The Hall–Kier alpha value is -1.72. The topological polar surface area (TPSA) is 55.1 Å². The predicted octanol–water partition coefficient (Wildman–Crippen LogP) is 2.24. The van der Waals surface area contributed by atoms with E-state index in [9.17, 15) is 4.79 Å². The van der Waals surface area contributed by atoms with Crippen LogP contribution in [0.5, 0.6) is 0 Å². The van der Waals surface area contributed by atoms with E-state index >= 15 is 0 Å². The number of benzene rings is 1. The fraction of sp³-hybridized carbons (Fsp3) is 0.143. The monoisotopic (exact) mass is 290 g/mol.